The zero-order chi connectivity index (χ0) is 9.94. The predicted molar refractivity (Wildman–Crippen MR) is 60.8 cm³/mol. The standard InChI is InChI=1S/C7H10.C5H11N/c1-3-5-7-6-4-2;1-5-2-3-6-4-5/h3-7H,1H2,2H3;5-6H,2-4H2,1H3/b6-4-,7-5-;. The minimum absolute atomic E-state index is 0.935. The maximum atomic E-state index is 3.51. The molecular weight excluding hydrogens is 158 g/mol. The Morgan fingerprint density at radius 1 is 1.31 bits per heavy atom. The van der Waals surface area contributed by atoms with Crippen LogP contribution >= 0.6 is 0 Å². The molecule has 0 aliphatic carbocycles. The Labute approximate surface area is 82.2 Å². The molecule has 1 aliphatic heterocycles. The zero-order valence-electron chi connectivity index (χ0n) is 8.79. The number of hydrogen-bond acceptors (Lipinski definition) is 1. The molecule has 0 spiro atoms. The molecule has 1 N–H and O–H groups in total. The van der Waals surface area contributed by atoms with E-state index in [1.165, 1.54) is 19.5 Å². The molecule has 1 heteroatoms. The van der Waals surface area contributed by atoms with Crippen LogP contribution in [0.5, 0.6) is 0 Å². The summed E-state index contributed by atoms with van der Waals surface area (Å²) >= 11 is 0. The fourth-order valence-electron chi connectivity index (χ4n) is 1.05. The highest BCUT2D eigenvalue weighted by Gasteiger charge is 2.06. The third kappa shape index (κ3) is 9.09. The van der Waals surface area contributed by atoms with Crippen molar-refractivity contribution in [3.63, 3.8) is 0 Å². The second kappa shape index (κ2) is 9.27. The molecule has 1 rings (SSSR count). The Hall–Kier alpha value is -0.820. The first-order valence-electron chi connectivity index (χ1n) is 4.92. The second-order valence-electron chi connectivity index (χ2n) is 3.24. The third-order valence-electron chi connectivity index (χ3n) is 1.86. The van der Waals surface area contributed by atoms with Crippen molar-refractivity contribution < 1.29 is 0 Å². The Bertz CT molecular complexity index is 162. The van der Waals surface area contributed by atoms with Gasteiger partial charge in [0.1, 0.15) is 0 Å². The molecule has 0 aromatic rings. The van der Waals surface area contributed by atoms with E-state index in [4.69, 9.17) is 0 Å². The maximum absolute atomic E-state index is 3.51. The SMILES string of the molecule is C=C/C=C\C=C/C.CC1CCNC1. The van der Waals surface area contributed by atoms with Gasteiger partial charge in [-0.05, 0) is 32.4 Å². The van der Waals surface area contributed by atoms with Crippen molar-refractivity contribution in [3.8, 4) is 0 Å². The molecule has 0 amide bonds. The first kappa shape index (κ1) is 12.2. The van der Waals surface area contributed by atoms with Crippen LogP contribution in [0, 0.1) is 5.92 Å². The van der Waals surface area contributed by atoms with E-state index in [9.17, 15) is 0 Å². The van der Waals surface area contributed by atoms with Crippen LogP contribution in [0.3, 0.4) is 0 Å². The molecule has 0 aromatic heterocycles. The normalized spacial score (nSPS) is 21.8. The highest BCUT2D eigenvalue weighted by molar-refractivity contribution is 5.07. The van der Waals surface area contributed by atoms with Gasteiger partial charge in [0, 0.05) is 0 Å². The van der Waals surface area contributed by atoms with Crippen molar-refractivity contribution in [1.29, 1.82) is 0 Å². The van der Waals surface area contributed by atoms with Gasteiger partial charge >= 0.3 is 0 Å². The van der Waals surface area contributed by atoms with Crippen molar-refractivity contribution in [1.82, 2.24) is 5.32 Å². The fraction of sp³-hybridized carbons (Fsp3) is 0.500. The van der Waals surface area contributed by atoms with Crippen LogP contribution in [0.2, 0.25) is 0 Å². The Morgan fingerprint density at radius 3 is 2.38 bits per heavy atom. The largest absolute Gasteiger partial charge is 0.316 e. The Balaban J connectivity index is 0.000000223. The van der Waals surface area contributed by atoms with E-state index in [0.717, 1.165) is 5.92 Å². The van der Waals surface area contributed by atoms with E-state index in [0.29, 0.717) is 0 Å². The number of rotatable bonds is 2. The summed E-state index contributed by atoms with van der Waals surface area (Å²) in [5.41, 5.74) is 0. The lowest BCUT2D eigenvalue weighted by molar-refractivity contribution is 0.651. The molecule has 1 aliphatic rings. The van der Waals surface area contributed by atoms with Crippen molar-refractivity contribution in [2.45, 2.75) is 20.3 Å². The van der Waals surface area contributed by atoms with Crippen LogP contribution in [-0.2, 0) is 0 Å². The highest BCUT2D eigenvalue weighted by Crippen LogP contribution is 2.03. The molecule has 74 valence electrons. The third-order valence-corrected chi connectivity index (χ3v) is 1.86. The maximum Gasteiger partial charge on any atom is -0.00227 e. The molecule has 0 saturated carbocycles. The quantitative estimate of drug-likeness (QED) is 0.643. The van der Waals surface area contributed by atoms with Crippen LogP contribution < -0.4 is 5.32 Å². The highest BCUT2D eigenvalue weighted by atomic mass is 14.9. The molecule has 1 saturated heterocycles. The van der Waals surface area contributed by atoms with Gasteiger partial charge in [0.2, 0.25) is 0 Å². The van der Waals surface area contributed by atoms with Crippen molar-refractivity contribution in [2.75, 3.05) is 13.1 Å². The van der Waals surface area contributed by atoms with E-state index in [1.54, 1.807) is 6.08 Å². The second-order valence-corrected chi connectivity index (χ2v) is 3.24. The predicted octanol–water partition coefficient (Wildman–Crippen LogP) is 2.92. The summed E-state index contributed by atoms with van der Waals surface area (Å²) < 4.78 is 0. The van der Waals surface area contributed by atoms with Gasteiger partial charge in [-0.25, -0.2) is 0 Å². The molecular formula is C12H21N. The van der Waals surface area contributed by atoms with Crippen molar-refractivity contribution >= 4 is 0 Å². The van der Waals surface area contributed by atoms with Gasteiger partial charge in [-0.1, -0.05) is 43.9 Å². The molecule has 0 aromatic carbocycles. The van der Waals surface area contributed by atoms with Gasteiger partial charge < -0.3 is 5.32 Å². The first-order valence-corrected chi connectivity index (χ1v) is 4.92. The molecule has 0 bridgehead atoms. The molecule has 13 heavy (non-hydrogen) atoms. The van der Waals surface area contributed by atoms with E-state index in [-0.39, 0.29) is 0 Å². The van der Waals surface area contributed by atoms with Crippen molar-refractivity contribution in [2.24, 2.45) is 5.92 Å². The molecule has 1 heterocycles. The summed E-state index contributed by atoms with van der Waals surface area (Å²) in [5.74, 6) is 0.935. The number of hydrogen-bond donors (Lipinski definition) is 1. The van der Waals surface area contributed by atoms with E-state index in [1.807, 2.05) is 31.2 Å². The Morgan fingerprint density at radius 2 is 2.08 bits per heavy atom. The molecule has 1 nitrogen and oxygen atoms in total. The van der Waals surface area contributed by atoms with Gasteiger partial charge in [-0.3, -0.25) is 0 Å². The first-order chi connectivity index (χ1) is 6.31. The summed E-state index contributed by atoms with van der Waals surface area (Å²) in [6.07, 6.45) is 10.9. The average molecular weight is 179 g/mol. The average Bonchev–Trinajstić information content (AvgIpc) is 2.58. The topological polar surface area (TPSA) is 12.0 Å². The summed E-state index contributed by atoms with van der Waals surface area (Å²) in [6, 6.07) is 0. The minimum atomic E-state index is 0.935. The lowest BCUT2D eigenvalue weighted by Crippen LogP contribution is -2.06. The molecule has 1 atom stereocenters. The molecule has 1 unspecified atom stereocenters. The van der Waals surface area contributed by atoms with Crippen molar-refractivity contribution in [3.05, 3.63) is 37.0 Å². The van der Waals surface area contributed by atoms with Gasteiger partial charge in [0.05, 0.1) is 0 Å². The van der Waals surface area contributed by atoms with E-state index in [2.05, 4.69) is 18.8 Å². The van der Waals surface area contributed by atoms with Crippen LogP contribution in [-0.4, -0.2) is 13.1 Å². The fourth-order valence-corrected chi connectivity index (χ4v) is 1.05. The summed E-state index contributed by atoms with van der Waals surface area (Å²) in [5, 5.41) is 3.27. The lowest BCUT2D eigenvalue weighted by Gasteiger charge is -1.90. The van der Waals surface area contributed by atoms with E-state index < -0.39 is 0 Å². The summed E-state index contributed by atoms with van der Waals surface area (Å²) in [6.45, 7) is 10.2. The zero-order valence-corrected chi connectivity index (χ0v) is 8.79. The number of allylic oxidation sites excluding steroid dienone is 5. The molecule has 1 fully saturated rings. The monoisotopic (exact) mass is 179 g/mol. The smallest absolute Gasteiger partial charge is 0.00227 e. The lowest BCUT2D eigenvalue weighted by atomic mass is 10.2. The van der Waals surface area contributed by atoms with Gasteiger partial charge in [0.15, 0.2) is 0 Å². The van der Waals surface area contributed by atoms with Crippen LogP contribution in [0.15, 0.2) is 37.0 Å². The number of nitrogens with one attached hydrogen (secondary N) is 1. The molecule has 0 radical (unpaired) electrons. The summed E-state index contributed by atoms with van der Waals surface area (Å²) in [7, 11) is 0. The Kier molecular flexibility index (Phi) is 8.68. The van der Waals surface area contributed by atoms with Crippen LogP contribution in [0.25, 0.3) is 0 Å². The van der Waals surface area contributed by atoms with Crippen LogP contribution in [0.1, 0.15) is 20.3 Å². The van der Waals surface area contributed by atoms with Gasteiger partial charge in [0.25, 0.3) is 0 Å². The van der Waals surface area contributed by atoms with E-state index >= 15 is 0 Å². The van der Waals surface area contributed by atoms with Gasteiger partial charge in [-0.2, -0.15) is 0 Å². The summed E-state index contributed by atoms with van der Waals surface area (Å²) in [4.78, 5) is 0. The van der Waals surface area contributed by atoms with Crippen LogP contribution in [0.4, 0.5) is 0 Å². The van der Waals surface area contributed by atoms with Gasteiger partial charge in [-0.15, -0.1) is 0 Å². The minimum Gasteiger partial charge on any atom is -0.316 e.